The van der Waals surface area contributed by atoms with E-state index in [1.807, 2.05) is 4.90 Å². The maximum absolute atomic E-state index is 14.2. The molecular formula is C20H21ClF4N4O. The van der Waals surface area contributed by atoms with Crippen LogP contribution in [-0.4, -0.2) is 58.5 Å². The molecule has 0 N–H and O–H groups in total. The van der Waals surface area contributed by atoms with Crippen LogP contribution in [0.25, 0.3) is 21.8 Å². The van der Waals surface area contributed by atoms with Gasteiger partial charge in [0, 0.05) is 55.7 Å². The van der Waals surface area contributed by atoms with Gasteiger partial charge in [0.1, 0.15) is 5.82 Å². The van der Waals surface area contributed by atoms with Crippen LogP contribution < -0.4 is 0 Å². The molecule has 0 atom stereocenters. The summed E-state index contributed by atoms with van der Waals surface area (Å²) in [7, 11) is 1.73. The number of carbonyl (C=O) groups excluding carboxylic acids is 1. The average molecular weight is 445 g/mol. The lowest BCUT2D eigenvalue weighted by atomic mass is 10.1. The Balaban J connectivity index is 0.00000256. The third kappa shape index (κ3) is 3.83. The second-order valence-electron chi connectivity index (χ2n) is 7.42. The zero-order valence-corrected chi connectivity index (χ0v) is 17.3. The standard InChI is InChI=1S/C20H20F4N4O.ClH/c1-12-9-16-14(10-15(12)21)13-3-4-25-19(20(22,23)24)18(13)28(16)8-7-27-6-5-26(2)17(29)11-27;/h3-4,9-10H,5-8,11H2,1-2H3;1H. The van der Waals surface area contributed by atoms with Crippen LogP contribution in [0.1, 0.15) is 11.3 Å². The van der Waals surface area contributed by atoms with E-state index in [2.05, 4.69) is 4.98 Å². The zero-order chi connectivity index (χ0) is 20.9. The van der Waals surface area contributed by atoms with Crippen LogP contribution in [0.4, 0.5) is 17.6 Å². The van der Waals surface area contributed by atoms with E-state index in [-0.39, 0.29) is 36.9 Å². The summed E-state index contributed by atoms with van der Waals surface area (Å²) in [6.45, 7) is 3.67. The van der Waals surface area contributed by atoms with Crippen molar-refractivity contribution in [2.45, 2.75) is 19.6 Å². The molecule has 1 aliphatic rings. The van der Waals surface area contributed by atoms with Crippen molar-refractivity contribution < 1.29 is 22.4 Å². The molecule has 1 aliphatic heterocycles. The Labute approximate surface area is 176 Å². The van der Waals surface area contributed by atoms with Gasteiger partial charge in [-0.1, -0.05) is 0 Å². The molecule has 0 aliphatic carbocycles. The lowest BCUT2D eigenvalue weighted by molar-refractivity contribution is -0.140. The number of rotatable bonds is 3. The zero-order valence-electron chi connectivity index (χ0n) is 16.5. The maximum atomic E-state index is 14.2. The number of halogens is 5. The average Bonchev–Trinajstić information content (AvgIpc) is 2.95. The van der Waals surface area contributed by atoms with Gasteiger partial charge >= 0.3 is 6.18 Å². The van der Waals surface area contributed by atoms with Gasteiger partial charge in [-0.3, -0.25) is 9.69 Å². The third-order valence-electron chi connectivity index (χ3n) is 5.50. The quantitative estimate of drug-likeness (QED) is 0.576. The van der Waals surface area contributed by atoms with E-state index >= 15 is 0 Å². The fraction of sp³-hybridized carbons (Fsp3) is 0.400. The molecule has 4 rings (SSSR count). The van der Waals surface area contributed by atoms with Gasteiger partial charge in [-0.05, 0) is 30.7 Å². The molecule has 1 amide bonds. The molecule has 5 nitrogen and oxygen atoms in total. The lowest BCUT2D eigenvalue weighted by Crippen LogP contribution is -2.49. The number of aromatic nitrogens is 2. The molecule has 3 heterocycles. The van der Waals surface area contributed by atoms with Crippen LogP contribution >= 0.6 is 12.4 Å². The van der Waals surface area contributed by atoms with Crippen LogP contribution in [0.15, 0.2) is 24.4 Å². The minimum Gasteiger partial charge on any atom is -0.343 e. The smallest absolute Gasteiger partial charge is 0.343 e. The van der Waals surface area contributed by atoms with Gasteiger partial charge in [0.2, 0.25) is 5.91 Å². The van der Waals surface area contributed by atoms with Gasteiger partial charge in [0.05, 0.1) is 12.1 Å². The summed E-state index contributed by atoms with van der Waals surface area (Å²) >= 11 is 0. The normalized spacial score (nSPS) is 15.8. The van der Waals surface area contributed by atoms with E-state index in [0.717, 1.165) is 6.20 Å². The summed E-state index contributed by atoms with van der Waals surface area (Å²) in [6, 6.07) is 4.33. The molecule has 0 spiro atoms. The maximum Gasteiger partial charge on any atom is 0.435 e. The molecule has 1 aromatic carbocycles. The van der Waals surface area contributed by atoms with Crippen molar-refractivity contribution in [3.8, 4) is 0 Å². The summed E-state index contributed by atoms with van der Waals surface area (Å²) in [4.78, 5) is 19.1. The highest BCUT2D eigenvalue weighted by Gasteiger charge is 2.36. The number of pyridine rings is 1. The van der Waals surface area contributed by atoms with Gasteiger partial charge in [0.25, 0.3) is 0 Å². The third-order valence-corrected chi connectivity index (χ3v) is 5.50. The predicted octanol–water partition coefficient (Wildman–Crippen LogP) is 3.85. The molecule has 1 saturated heterocycles. The number of hydrogen-bond acceptors (Lipinski definition) is 3. The highest BCUT2D eigenvalue weighted by Crippen LogP contribution is 2.38. The van der Waals surface area contributed by atoms with Gasteiger partial charge in [-0.15, -0.1) is 12.4 Å². The van der Waals surface area contributed by atoms with E-state index in [1.165, 1.54) is 12.1 Å². The molecule has 30 heavy (non-hydrogen) atoms. The van der Waals surface area contributed by atoms with Crippen LogP contribution in [0, 0.1) is 12.7 Å². The lowest BCUT2D eigenvalue weighted by Gasteiger charge is -2.32. The minimum atomic E-state index is -4.64. The highest BCUT2D eigenvalue weighted by atomic mass is 35.5. The first kappa shape index (κ1) is 22.3. The van der Waals surface area contributed by atoms with Crippen molar-refractivity contribution in [1.82, 2.24) is 19.4 Å². The monoisotopic (exact) mass is 444 g/mol. The molecule has 3 aromatic rings. The summed E-state index contributed by atoms with van der Waals surface area (Å²) in [5.41, 5.74) is -0.158. The number of benzene rings is 1. The Kier molecular flexibility index (Phi) is 5.97. The largest absolute Gasteiger partial charge is 0.435 e. The van der Waals surface area contributed by atoms with E-state index in [1.54, 1.807) is 29.5 Å². The van der Waals surface area contributed by atoms with Crippen molar-refractivity contribution in [1.29, 1.82) is 0 Å². The minimum absolute atomic E-state index is 0. The van der Waals surface area contributed by atoms with Crippen molar-refractivity contribution >= 4 is 40.1 Å². The Morgan fingerprint density at radius 2 is 1.87 bits per heavy atom. The van der Waals surface area contributed by atoms with Gasteiger partial charge < -0.3 is 9.47 Å². The molecule has 0 radical (unpaired) electrons. The van der Waals surface area contributed by atoms with Crippen molar-refractivity contribution in [3.63, 3.8) is 0 Å². The number of piperazine rings is 1. The van der Waals surface area contributed by atoms with Crippen LogP contribution in [0.3, 0.4) is 0 Å². The molecule has 162 valence electrons. The molecule has 0 unspecified atom stereocenters. The fourth-order valence-electron chi connectivity index (χ4n) is 3.85. The summed E-state index contributed by atoms with van der Waals surface area (Å²) in [6.07, 6.45) is -3.53. The summed E-state index contributed by atoms with van der Waals surface area (Å²) in [5.74, 6) is -0.486. The number of alkyl halides is 3. The van der Waals surface area contributed by atoms with Gasteiger partial charge in [-0.25, -0.2) is 9.37 Å². The molecular weight excluding hydrogens is 424 g/mol. The number of hydrogen-bond donors (Lipinski definition) is 0. The first-order chi connectivity index (χ1) is 13.7. The number of nitrogens with zero attached hydrogens (tertiary/aromatic N) is 4. The second-order valence-corrected chi connectivity index (χ2v) is 7.42. The first-order valence-corrected chi connectivity index (χ1v) is 9.27. The van der Waals surface area contributed by atoms with Gasteiger partial charge in [0.15, 0.2) is 5.69 Å². The summed E-state index contributed by atoms with van der Waals surface area (Å²) in [5, 5.41) is 0.737. The van der Waals surface area contributed by atoms with Crippen molar-refractivity contribution in [2.24, 2.45) is 0 Å². The first-order valence-electron chi connectivity index (χ1n) is 9.27. The van der Waals surface area contributed by atoms with E-state index < -0.39 is 17.7 Å². The fourth-order valence-corrected chi connectivity index (χ4v) is 3.85. The molecule has 2 aromatic heterocycles. The second kappa shape index (κ2) is 8.03. The topological polar surface area (TPSA) is 41.4 Å². The van der Waals surface area contributed by atoms with Crippen LogP contribution in [-0.2, 0) is 17.5 Å². The van der Waals surface area contributed by atoms with E-state index in [4.69, 9.17) is 0 Å². The molecule has 0 bridgehead atoms. The predicted molar refractivity (Wildman–Crippen MR) is 108 cm³/mol. The number of carbonyl (C=O) groups is 1. The number of fused-ring (bicyclic) bond motifs is 3. The number of likely N-dealkylation sites (N-methyl/N-ethyl adjacent to an activating group) is 1. The van der Waals surface area contributed by atoms with Gasteiger partial charge in [-0.2, -0.15) is 13.2 Å². The van der Waals surface area contributed by atoms with Crippen molar-refractivity contribution in [2.75, 3.05) is 33.2 Å². The van der Waals surface area contributed by atoms with Crippen LogP contribution in [0.5, 0.6) is 0 Å². The Bertz CT molecular complexity index is 1110. The Hall–Kier alpha value is -2.39. The number of amides is 1. The Morgan fingerprint density at radius 1 is 1.13 bits per heavy atom. The number of aryl methyl sites for hydroxylation is 1. The Morgan fingerprint density at radius 3 is 2.53 bits per heavy atom. The van der Waals surface area contributed by atoms with Crippen molar-refractivity contribution in [3.05, 3.63) is 41.5 Å². The summed E-state index contributed by atoms with van der Waals surface area (Å²) < 4.78 is 56.7. The molecule has 0 saturated carbocycles. The highest BCUT2D eigenvalue weighted by molar-refractivity contribution is 6.09. The SMILES string of the molecule is Cc1cc2c(cc1F)c1ccnc(C(F)(F)F)c1n2CCN1CCN(C)C(=O)C1.Cl. The van der Waals surface area contributed by atoms with E-state index in [0.29, 0.717) is 41.5 Å². The van der Waals surface area contributed by atoms with E-state index in [9.17, 15) is 22.4 Å². The molecule has 1 fully saturated rings. The van der Waals surface area contributed by atoms with Crippen LogP contribution in [0.2, 0.25) is 0 Å². The molecule has 10 heteroatoms.